The topological polar surface area (TPSA) is 36.4 Å². The van der Waals surface area contributed by atoms with Crippen molar-refractivity contribution in [3.8, 4) is 11.1 Å². The van der Waals surface area contributed by atoms with Crippen LogP contribution in [0.1, 0.15) is 30.9 Å². The summed E-state index contributed by atoms with van der Waals surface area (Å²) in [5.74, 6) is 0.948. The van der Waals surface area contributed by atoms with Crippen molar-refractivity contribution in [1.29, 1.82) is 0 Å². The van der Waals surface area contributed by atoms with Gasteiger partial charge in [-0.1, -0.05) is 62.0 Å². The Kier molecular flexibility index (Phi) is 4.37. The predicted octanol–water partition coefficient (Wildman–Crippen LogP) is 5.59. The van der Waals surface area contributed by atoms with E-state index in [9.17, 15) is 5.11 Å². The van der Waals surface area contributed by atoms with Crippen LogP contribution in [0.2, 0.25) is 0 Å². The fraction of sp³-hybridized carbons (Fsp3) is 0.261. The van der Waals surface area contributed by atoms with Crippen molar-refractivity contribution in [1.82, 2.24) is 4.98 Å². The summed E-state index contributed by atoms with van der Waals surface area (Å²) in [6, 6.07) is 16.6. The summed E-state index contributed by atoms with van der Waals surface area (Å²) in [5, 5.41) is 11.6. The van der Waals surface area contributed by atoms with Gasteiger partial charge in [0.25, 0.3) is 0 Å². The molecule has 1 aromatic heterocycles. The molecule has 1 aliphatic rings. The number of aromatic nitrogens is 1. The van der Waals surface area contributed by atoms with Gasteiger partial charge < -0.3 is 10.0 Å². The molecule has 26 heavy (non-hydrogen) atoms. The molecular weight excluding hydrogens is 320 g/mol. The maximum Gasteiger partial charge on any atom is 0.140 e. The maximum absolute atomic E-state index is 10.5. The van der Waals surface area contributed by atoms with Crippen LogP contribution in [0.3, 0.4) is 0 Å². The standard InChI is InChI=1S/C23H24N2O/c1-3-17-12-9-13-19-21(18-10-5-4-6-11-18)20(16(2)26)23(24-22(17)19)25-14-7-8-15-25/h4-6,9-13,26H,2-3,7-8,14-15H2,1H3. The molecule has 3 heteroatoms. The average Bonchev–Trinajstić information content (AvgIpc) is 3.21. The molecule has 2 aromatic carbocycles. The first-order valence-corrected chi connectivity index (χ1v) is 9.35. The second-order valence-electron chi connectivity index (χ2n) is 6.86. The Hall–Kier alpha value is -2.81. The fourth-order valence-corrected chi connectivity index (χ4v) is 3.95. The lowest BCUT2D eigenvalue weighted by molar-refractivity contribution is 0.514. The Morgan fingerprint density at radius 3 is 2.46 bits per heavy atom. The first kappa shape index (κ1) is 16.6. The van der Waals surface area contributed by atoms with Crippen molar-refractivity contribution in [2.24, 2.45) is 0 Å². The number of aryl methyl sites for hydroxylation is 1. The monoisotopic (exact) mass is 344 g/mol. The Bertz CT molecular complexity index is 957. The third-order valence-electron chi connectivity index (χ3n) is 5.22. The first-order valence-electron chi connectivity index (χ1n) is 9.35. The number of para-hydroxylation sites is 1. The number of aliphatic hydroxyl groups excluding tert-OH is 1. The van der Waals surface area contributed by atoms with Gasteiger partial charge in [-0.25, -0.2) is 4.98 Å². The maximum atomic E-state index is 10.5. The number of rotatable bonds is 4. The molecule has 0 saturated carbocycles. The van der Waals surface area contributed by atoms with Gasteiger partial charge in [0.2, 0.25) is 0 Å². The number of pyridine rings is 1. The van der Waals surface area contributed by atoms with Gasteiger partial charge in [0, 0.05) is 24.0 Å². The highest BCUT2D eigenvalue weighted by Gasteiger charge is 2.25. The smallest absolute Gasteiger partial charge is 0.140 e. The van der Waals surface area contributed by atoms with Crippen LogP contribution in [0.5, 0.6) is 0 Å². The highest BCUT2D eigenvalue weighted by atomic mass is 16.3. The number of hydrogen-bond acceptors (Lipinski definition) is 3. The van der Waals surface area contributed by atoms with E-state index in [4.69, 9.17) is 4.98 Å². The van der Waals surface area contributed by atoms with Gasteiger partial charge in [-0.15, -0.1) is 0 Å². The van der Waals surface area contributed by atoms with Crippen LogP contribution in [0.25, 0.3) is 27.8 Å². The minimum absolute atomic E-state index is 0.0852. The minimum atomic E-state index is 0.0852. The zero-order valence-electron chi connectivity index (χ0n) is 15.2. The van der Waals surface area contributed by atoms with Crippen LogP contribution in [0.4, 0.5) is 5.82 Å². The number of aliphatic hydroxyl groups is 1. The molecule has 0 amide bonds. The van der Waals surface area contributed by atoms with Crippen LogP contribution in [-0.2, 0) is 6.42 Å². The second kappa shape index (κ2) is 6.83. The van der Waals surface area contributed by atoms with Gasteiger partial charge in [0.1, 0.15) is 11.6 Å². The van der Waals surface area contributed by atoms with E-state index in [0.29, 0.717) is 0 Å². The van der Waals surface area contributed by atoms with Crippen molar-refractivity contribution < 1.29 is 5.11 Å². The van der Waals surface area contributed by atoms with E-state index < -0.39 is 0 Å². The molecule has 132 valence electrons. The third kappa shape index (κ3) is 2.74. The summed E-state index contributed by atoms with van der Waals surface area (Å²) in [6.07, 6.45) is 3.25. The summed E-state index contributed by atoms with van der Waals surface area (Å²) in [4.78, 5) is 7.33. The lowest BCUT2D eigenvalue weighted by Gasteiger charge is -2.24. The van der Waals surface area contributed by atoms with E-state index in [2.05, 4.69) is 48.7 Å². The number of hydrogen-bond donors (Lipinski definition) is 1. The first-order chi connectivity index (χ1) is 12.7. The van der Waals surface area contributed by atoms with Gasteiger partial charge in [-0.2, -0.15) is 0 Å². The molecule has 0 atom stereocenters. The largest absolute Gasteiger partial charge is 0.508 e. The lowest BCUT2D eigenvalue weighted by Crippen LogP contribution is -2.21. The Labute approximate surface area is 154 Å². The third-order valence-corrected chi connectivity index (χ3v) is 5.22. The molecule has 1 aliphatic heterocycles. The molecule has 1 fully saturated rings. The zero-order chi connectivity index (χ0) is 18.1. The molecule has 3 nitrogen and oxygen atoms in total. The molecule has 4 rings (SSSR count). The SMILES string of the molecule is C=C(O)c1c(N2CCCC2)nc2c(CC)cccc2c1-c1ccccc1. The summed E-state index contributed by atoms with van der Waals surface area (Å²) >= 11 is 0. The average molecular weight is 344 g/mol. The summed E-state index contributed by atoms with van der Waals surface area (Å²) < 4.78 is 0. The fourth-order valence-electron chi connectivity index (χ4n) is 3.95. The van der Waals surface area contributed by atoms with Gasteiger partial charge >= 0.3 is 0 Å². The van der Waals surface area contributed by atoms with Crippen LogP contribution in [0, 0.1) is 0 Å². The van der Waals surface area contributed by atoms with E-state index in [0.717, 1.165) is 65.8 Å². The zero-order valence-corrected chi connectivity index (χ0v) is 15.2. The highest BCUT2D eigenvalue weighted by Crippen LogP contribution is 2.40. The Morgan fingerprint density at radius 1 is 1.08 bits per heavy atom. The van der Waals surface area contributed by atoms with Crippen LogP contribution in [-0.4, -0.2) is 23.2 Å². The van der Waals surface area contributed by atoms with Crippen LogP contribution in [0.15, 0.2) is 55.1 Å². The highest BCUT2D eigenvalue weighted by molar-refractivity contribution is 6.03. The van der Waals surface area contributed by atoms with Crippen molar-refractivity contribution >= 4 is 22.5 Å². The second-order valence-corrected chi connectivity index (χ2v) is 6.86. The molecule has 1 saturated heterocycles. The summed E-state index contributed by atoms with van der Waals surface area (Å²) in [6.45, 7) is 7.99. The quantitative estimate of drug-likeness (QED) is 0.627. The van der Waals surface area contributed by atoms with Crippen molar-refractivity contribution in [3.05, 3.63) is 66.2 Å². The number of benzene rings is 2. The van der Waals surface area contributed by atoms with Crippen molar-refractivity contribution in [3.63, 3.8) is 0 Å². The summed E-state index contributed by atoms with van der Waals surface area (Å²) in [7, 11) is 0. The normalized spacial score (nSPS) is 14.1. The Morgan fingerprint density at radius 2 is 1.81 bits per heavy atom. The van der Waals surface area contributed by atoms with Crippen LogP contribution < -0.4 is 4.90 Å². The molecule has 0 bridgehead atoms. The number of fused-ring (bicyclic) bond motifs is 1. The predicted molar refractivity (Wildman–Crippen MR) is 110 cm³/mol. The molecule has 0 spiro atoms. The summed E-state index contributed by atoms with van der Waals surface area (Å²) in [5.41, 5.74) is 5.13. The minimum Gasteiger partial charge on any atom is -0.508 e. The number of anilines is 1. The molecule has 0 unspecified atom stereocenters. The Balaban J connectivity index is 2.13. The molecule has 1 N–H and O–H groups in total. The van der Waals surface area contributed by atoms with Gasteiger partial charge in [0.05, 0.1) is 11.1 Å². The van der Waals surface area contributed by atoms with E-state index >= 15 is 0 Å². The molecular formula is C23H24N2O. The molecule has 3 aromatic rings. The number of nitrogens with zero attached hydrogens (tertiary/aromatic N) is 2. The van der Waals surface area contributed by atoms with E-state index in [1.807, 2.05) is 18.2 Å². The van der Waals surface area contributed by atoms with Gasteiger partial charge in [0.15, 0.2) is 0 Å². The van der Waals surface area contributed by atoms with E-state index in [-0.39, 0.29) is 5.76 Å². The molecule has 0 radical (unpaired) electrons. The van der Waals surface area contributed by atoms with Crippen LogP contribution >= 0.6 is 0 Å². The van der Waals surface area contributed by atoms with Crippen molar-refractivity contribution in [2.75, 3.05) is 18.0 Å². The van der Waals surface area contributed by atoms with Crippen molar-refractivity contribution in [2.45, 2.75) is 26.2 Å². The molecule has 0 aliphatic carbocycles. The van der Waals surface area contributed by atoms with E-state index in [1.54, 1.807) is 0 Å². The van der Waals surface area contributed by atoms with Gasteiger partial charge in [-0.05, 0) is 30.4 Å². The lowest BCUT2D eigenvalue weighted by atomic mass is 9.93. The molecule has 2 heterocycles. The van der Waals surface area contributed by atoms with E-state index in [1.165, 1.54) is 5.56 Å². The van der Waals surface area contributed by atoms with Gasteiger partial charge in [-0.3, -0.25) is 0 Å².